The molecule has 226 valence electrons. The van der Waals surface area contributed by atoms with Gasteiger partial charge in [-0.05, 0) is 74.4 Å². The van der Waals surface area contributed by atoms with E-state index >= 15 is 0 Å². The molecule has 3 N–H and O–H groups in total. The lowest BCUT2D eigenvalue weighted by atomic mass is 9.89. The number of nitrogens with one attached hydrogen (secondary N) is 1. The van der Waals surface area contributed by atoms with Crippen molar-refractivity contribution >= 4 is 11.7 Å². The van der Waals surface area contributed by atoms with E-state index in [1.807, 2.05) is 32.9 Å². The highest BCUT2D eigenvalue weighted by atomic mass is 16.3. The summed E-state index contributed by atoms with van der Waals surface area (Å²) in [5.74, 6) is -0.200. The minimum atomic E-state index is -0.364. The highest BCUT2D eigenvalue weighted by Crippen LogP contribution is 2.37. The van der Waals surface area contributed by atoms with E-state index < -0.39 is 0 Å². The Morgan fingerprint density at radius 1 is 1.05 bits per heavy atom. The van der Waals surface area contributed by atoms with E-state index in [9.17, 15) is 19.8 Å². The van der Waals surface area contributed by atoms with E-state index in [4.69, 9.17) is 0 Å². The average Bonchev–Trinajstić information content (AvgIpc) is 3.44. The average molecular weight is 576 g/mol. The van der Waals surface area contributed by atoms with Crippen LogP contribution in [0.2, 0.25) is 0 Å². The monoisotopic (exact) mass is 575 g/mol. The molecule has 2 atom stereocenters. The summed E-state index contributed by atoms with van der Waals surface area (Å²) in [6, 6.07) is 10.6. The van der Waals surface area contributed by atoms with Crippen LogP contribution in [0.3, 0.4) is 0 Å². The second kappa shape index (κ2) is 14.0. The number of phenolic OH excluding ortho intramolecular Hbond substituents is 2. The van der Waals surface area contributed by atoms with Gasteiger partial charge in [0.1, 0.15) is 11.5 Å². The number of phenols is 2. The fourth-order valence-electron chi connectivity index (χ4n) is 5.51. The lowest BCUT2D eigenvalue weighted by molar-refractivity contribution is 0.0789. The van der Waals surface area contributed by atoms with Gasteiger partial charge in [-0.25, -0.2) is 0 Å². The van der Waals surface area contributed by atoms with Gasteiger partial charge < -0.3 is 20.4 Å². The zero-order valence-electron chi connectivity index (χ0n) is 25.6. The highest BCUT2D eigenvalue weighted by molar-refractivity contribution is 5.99. The van der Waals surface area contributed by atoms with Gasteiger partial charge in [-0.15, -0.1) is 10.2 Å². The SMILES string of the molecule is CCCCN(C)C(=O)c1cc(-c2nnc(C(=O)C(C)C(C)CC)n2-c2ccc(CC3CCNCC3)cc2)c(O)cc1O. The number of carbonyl (C=O) groups is 2. The van der Waals surface area contributed by atoms with Crippen LogP contribution in [0.25, 0.3) is 17.1 Å². The third-order valence-electron chi connectivity index (χ3n) is 8.75. The standard InChI is InChI=1S/C33H45N5O4/c1-6-8-17-37(5)33(42)27-19-26(28(39)20-29(27)40)31-35-36-32(30(41)22(4)21(3)7-2)38(31)25-11-9-23(10-12-25)18-24-13-15-34-16-14-24/h9-12,19-22,24,34,39-40H,6-8,13-18H2,1-5H3. The van der Waals surface area contributed by atoms with Crippen LogP contribution in [0.1, 0.15) is 86.3 Å². The highest BCUT2D eigenvalue weighted by Gasteiger charge is 2.30. The van der Waals surface area contributed by atoms with Crippen LogP contribution in [0, 0.1) is 17.8 Å². The molecule has 1 aliphatic rings. The van der Waals surface area contributed by atoms with Gasteiger partial charge in [-0.1, -0.05) is 52.7 Å². The Balaban J connectivity index is 1.79. The first-order chi connectivity index (χ1) is 20.2. The van der Waals surface area contributed by atoms with Crippen molar-refractivity contribution in [2.75, 3.05) is 26.7 Å². The quantitative estimate of drug-likeness (QED) is 0.240. The molecule has 1 amide bonds. The van der Waals surface area contributed by atoms with Crippen molar-refractivity contribution in [3.8, 4) is 28.6 Å². The molecule has 1 saturated heterocycles. The molecule has 0 spiro atoms. The zero-order chi connectivity index (χ0) is 30.4. The van der Waals surface area contributed by atoms with Crippen molar-refractivity contribution < 1.29 is 19.8 Å². The fourth-order valence-corrected chi connectivity index (χ4v) is 5.51. The number of unbranched alkanes of at least 4 members (excludes halogenated alkanes) is 1. The van der Waals surface area contributed by atoms with E-state index in [1.54, 1.807) is 16.5 Å². The Morgan fingerprint density at radius 2 is 1.74 bits per heavy atom. The number of hydrogen-bond donors (Lipinski definition) is 3. The van der Waals surface area contributed by atoms with Crippen molar-refractivity contribution in [3.63, 3.8) is 0 Å². The first-order valence-corrected chi connectivity index (χ1v) is 15.3. The van der Waals surface area contributed by atoms with Crippen LogP contribution < -0.4 is 5.32 Å². The van der Waals surface area contributed by atoms with Gasteiger partial charge in [-0.2, -0.15) is 0 Å². The van der Waals surface area contributed by atoms with Crippen LogP contribution in [0.15, 0.2) is 36.4 Å². The summed E-state index contributed by atoms with van der Waals surface area (Å²) in [7, 11) is 1.69. The van der Waals surface area contributed by atoms with Crippen molar-refractivity contribution in [2.45, 2.75) is 66.2 Å². The van der Waals surface area contributed by atoms with Gasteiger partial charge in [0.15, 0.2) is 5.82 Å². The summed E-state index contributed by atoms with van der Waals surface area (Å²) in [4.78, 5) is 28.5. The minimum absolute atomic E-state index is 0.0501. The van der Waals surface area contributed by atoms with Gasteiger partial charge in [0.25, 0.3) is 5.91 Å². The second-order valence-corrected chi connectivity index (χ2v) is 11.8. The van der Waals surface area contributed by atoms with Crippen LogP contribution in [0.5, 0.6) is 11.5 Å². The zero-order valence-corrected chi connectivity index (χ0v) is 25.6. The van der Waals surface area contributed by atoms with Crippen LogP contribution in [-0.2, 0) is 6.42 Å². The summed E-state index contributed by atoms with van der Waals surface area (Å²) in [5.41, 5.74) is 2.16. The minimum Gasteiger partial charge on any atom is -0.507 e. The summed E-state index contributed by atoms with van der Waals surface area (Å²) in [6.07, 6.45) is 5.89. The largest absolute Gasteiger partial charge is 0.507 e. The lowest BCUT2D eigenvalue weighted by Gasteiger charge is -2.22. The Kier molecular flexibility index (Phi) is 10.4. The summed E-state index contributed by atoms with van der Waals surface area (Å²) >= 11 is 0. The molecule has 1 fully saturated rings. The molecule has 0 bridgehead atoms. The van der Waals surface area contributed by atoms with Gasteiger partial charge in [0, 0.05) is 31.3 Å². The Labute approximate surface area is 249 Å². The summed E-state index contributed by atoms with van der Waals surface area (Å²) in [6.45, 7) is 10.7. The molecule has 42 heavy (non-hydrogen) atoms. The molecule has 0 saturated carbocycles. The predicted octanol–water partition coefficient (Wildman–Crippen LogP) is 5.62. The Hall–Kier alpha value is -3.72. The van der Waals surface area contributed by atoms with Crippen molar-refractivity contribution in [3.05, 3.63) is 53.3 Å². The summed E-state index contributed by atoms with van der Waals surface area (Å²) in [5, 5.41) is 33.7. The normalized spacial score (nSPS) is 15.4. The van der Waals surface area contributed by atoms with E-state index in [1.165, 1.54) is 11.6 Å². The number of rotatable bonds is 12. The molecule has 1 aliphatic heterocycles. The van der Waals surface area contributed by atoms with Crippen molar-refractivity contribution in [1.82, 2.24) is 25.0 Å². The molecule has 2 unspecified atom stereocenters. The van der Waals surface area contributed by atoms with E-state index in [2.05, 4.69) is 34.6 Å². The molecule has 3 aromatic rings. The molecule has 9 heteroatoms. The smallest absolute Gasteiger partial charge is 0.257 e. The molecular weight excluding hydrogens is 530 g/mol. The maximum absolute atomic E-state index is 13.7. The van der Waals surface area contributed by atoms with Crippen LogP contribution >= 0.6 is 0 Å². The molecule has 1 aromatic heterocycles. The number of amides is 1. The lowest BCUT2D eigenvalue weighted by Crippen LogP contribution is -2.28. The maximum atomic E-state index is 13.7. The number of aromatic hydroxyl groups is 2. The topological polar surface area (TPSA) is 121 Å². The maximum Gasteiger partial charge on any atom is 0.257 e. The molecule has 0 aliphatic carbocycles. The fraction of sp³-hybridized carbons (Fsp3) is 0.515. The Bertz CT molecular complexity index is 1380. The molecule has 9 nitrogen and oxygen atoms in total. The number of benzene rings is 2. The number of nitrogens with zero attached hydrogens (tertiary/aromatic N) is 4. The number of Topliss-reactive ketones (excluding diaryl/α,β-unsaturated/α-hetero) is 1. The predicted molar refractivity (Wildman–Crippen MR) is 164 cm³/mol. The number of hydrogen-bond acceptors (Lipinski definition) is 7. The van der Waals surface area contributed by atoms with Gasteiger partial charge in [-0.3, -0.25) is 14.2 Å². The number of aromatic nitrogens is 3. The first kappa shape index (κ1) is 31.2. The van der Waals surface area contributed by atoms with Crippen LogP contribution in [-0.4, -0.2) is 68.2 Å². The van der Waals surface area contributed by atoms with E-state index in [0.717, 1.165) is 57.7 Å². The van der Waals surface area contributed by atoms with Gasteiger partial charge in [0.05, 0.1) is 11.1 Å². The second-order valence-electron chi connectivity index (χ2n) is 11.8. The Morgan fingerprint density at radius 3 is 2.38 bits per heavy atom. The van der Waals surface area contributed by atoms with Crippen molar-refractivity contribution in [2.24, 2.45) is 17.8 Å². The molecule has 2 heterocycles. The van der Waals surface area contributed by atoms with Crippen molar-refractivity contribution in [1.29, 1.82) is 0 Å². The van der Waals surface area contributed by atoms with E-state index in [0.29, 0.717) is 18.2 Å². The van der Waals surface area contributed by atoms with E-state index in [-0.39, 0.29) is 57.8 Å². The molecule has 0 radical (unpaired) electrons. The summed E-state index contributed by atoms with van der Waals surface area (Å²) < 4.78 is 1.66. The number of carbonyl (C=O) groups excluding carboxylic acids is 2. The van der Waals surface area contributed by atoms with Crippen LogP contribution in [0.4, 0.5) is 0 Å². The third kappa shape index (κ3) is 6.84. The van der Waals surface area contributed by atoms with Gasteiger partial charge >= 0.3 is 0 Å². The first-order valence-electron chi connectivity index (χ1n) is 15.3. The number of ketones is 1. The number of piperidine rings is 1. The molecule has 2 aromatic carbocycles. The van der Waals surface area contributed by atoms with Gasteiger partial charge in [0.2, 0.25) is 11.6 Å². The molecule has 4 rings (SSSR count). The molecular formula is C33H45N5O4. The third-order valence-corrected chi connectivity index (χ3v) is 8.75.